The zero-order chi connectivity index (χ0) is 21.4. The Labute approximate surface area is 183 Å². The van der Waals surface area contributed by atoms with Gasteiger partial charge in [0.1, 0.15) is 10.7 Å². The Morgan fingerprint density at radius 2 is 2.19 bits per heavy atom. The van der Waals surface area contributed by atoms with Crippen molar-refractivity contribution in [3.63, 3.8) is 0 Å². The van der Waals surface area contributed by atoms with Gasteiger partial charge in [0, 0.05) is 43.8 Å². The van der Waals surface area contributed by atoms with Crippen LogP contribution in [0.3, 0.4) is 0 Å². The predicted octanol–water partition coefficient (Wildman–Crippen LogP) is 2.52. The molecule has 31 heavy (non-hydrogen) atoms. The minimum absolute atomic E-state index is 0.229. The number of aromatic nitrogens is 3. The van der Waals surface area contributed by atoms with E-state index in [1.807, 2.05) is 29.6 Å². The van der Waals surface area contributed by atoms with E-state index in [0.29, 0.717) is 31.1 Å². The number of likely N-dealkylation sites (N-methyl/N-ethyl adjacent to an activating group) is 1. The molecule has 5 rings (SSSR count). The SMILES string of the molecule is CN1CCC(O)(c2cccc(-c3nc(-c4ccnc(NC5CCOC5)n4)cs3)c2)C1=O. The second-order valence-corrected chi connectivity index (χ2v) is 8.78. The Balaban J connectivity index is 1.40. The summed E-state index contributed by atoms with van der Waals surface area (Å²) in [5, 5.41) is 17.0. The number of nitrogens with one attached hydrogen (secondary N) is 1. The molecule has 2 atom stereocenters. The first kappa shape index (κ1) is 20.0. The number of amides is 1. The lowest BCUT2D eigenvalue weighted by molar-refractivity contribution is -0.143. The maximum Gasteiger partial charge on any atom is 0.258 e. The van der Waals surface area contributed by atoms with Crippen molar-refractivity contribution >= 4 is 23.2 Å². The van der Waals surface area contributed by atoms with E-state index in [1.54, 1.807) is 24.2 Å². The number of hydrogen-bond acceptors (Lipinski definition) is 8. The fraction of sp³-hybridized carbons (Fsp3) is 0.364. The first-order valence-electron chi connectivity index (χ1n) is 10.2. The van der Waals surface area contributed by atoms with Crippen LogP contribution in [0.5, 0.6) is 0 Å². The van der Waals surface area contributed by atoms with Crippen LogP contribution in [0.4, 0.5) is 5.95 Å². The summed E-state index contributed by atoms with van der Waals surface area (Å²) in [6.45, 7) is 1.95. The van der Waals surface area contributed by atoms with Gasteiger partial charge in [0.25, 0.3) is 5.91 Å². The van der Waals surface area contributed by atoms with Crippen LogP contribution in [0.1, 0.15) is 18.4 Å². The summed E-state index contributed by atoms with van der Waals surface area (Å²) in [5.41, 5.74) is 1.49. The van der Waals surface area contributed by atoms with E-state index in [0.717, 1.165) is 35.0 Å². The number of benzene rings is 1. The largest absolute Gasteiger partial charge is 0.379 e. The van der Waals surface area contributed by atoms with Crippen molar-refractivity contribution in [3.8, 4) is 22.0 Å². The molecule has 3 aromatic rings. The summed E-state index contributed by atoms with van der Waals surface area (Å²) in [6.07, 6.45) is 3.05. The van der Waals surface area contributed by atoms with Gasteiger partial charge in [-0.2, -0.15) is 0 Å². The molecule has 0 saturated carbocycles. The van der Waals surface area contributed by atoms with E-state index in [9.17, 15) is 9.90 Å². The van der Waals surface area contributed by atoms with E-state index in [4.69, 9.17) is 9.72 Å². The van der Waals surface area contributed by atoms with Crippen LogP contribution in [-0.4, -0.2) is 63.7 Å². The predicted molar refractivity (Wildman–Crippen MR) is 118 cm³/mol. The molecule has 160 valence electrons. The molecule has 2 aromatic heterocycles. The molecule has 0 radical (unpaired) electrons. The molecule has 2 aliphatic rings. The maximum atomic E-state index is 12.5. The molecule has 0 bridgehead atoms. The van der Waals surface area contributed by atoms with Gasteiger partial charge in [-0.25, -0.2) is 15.0 Å². The highest BCUT2D eigenvalue weighted by atomic mass is 32.1. The monoisotopic (exact) mass is 437 g/mol. The Bertz CT molecular complexity index is 1110. The molecule has 8 nitrogen and oxygen atoms in total. The van der Waals surface area contributed by atoms with E-state index in [1.165, 1.54) is 11.3 Å². The van der Waals surface area contributed by atoms with E-state index >= 15 is 0 Å². The van der Waals surface area contributed by atoms with Crippen LogP contribution in [0.25, 0.3) is 22.0 Å². The minimum atomic E-state index is -1.47. The number of carbonyl (C=O) groups is 1. The summed E-state index contributed by atoms with van der Waals surface area (Å²) in [5.74, 6) is 0.300. The smallest absolute Gasteiger partial charge is 0.258 e. The normalized spacial score (nSPS) is 23.5. The van der Waals surface area contributed by atoms with Gasteiger partial charge in [0.2, 0.25) is 5.95 Å². The quantitative estimate of drug-likeness (QED) is 0.633. The number of thiazole rings is 1. The summed E-state index contributed by atoms with van der Waals surface area (Å²) >= 11 is 1.50. The van der Waals surface area contributed by atoms with Gasteiger partial charge in [0.05, 0.1) is 18.3 Å². The van der Waals surface area contributed by atoms with Crippen LogP contribution in [-0.2, 0) is 15.1 Å². The summed E-state index contributed by atoms with van der Waals surface area (Å²) in [4.78, 5) is 27.7. The average Bonchev–Trinajstić information content (AvgIpc) is 3.54. The topological polar surface area (TPSA) is 100 Å². The zero-order valence-corrected chi connectivity index (χ0v) is 17.9. The second-order valence-electron chi connectivity index (χ2n) is 7.93. The highest BCUT2D eigenvalue weighted by Gasteiger charge is 2.45. The van der Waals surface area contributed by atoms with E-state index in [2.05, 4.69) is 15.3 Å². The van der Waals surface area contributed by atoms with Crippen LogP contribution >= 0.6 is 11.3 Å². The van der Waals surface area contributed by atoms with Gasteiger partial charge in [-0.1, -0.05) is 18.2 Å². The van der Waals surface area contributed by atoms with Gasteiger partial charge < -0.3 is 20.1 Å². The lowest BCUT2D eigenvalue weighted by Crippen LogP contribution is -2.36. The Hall–Kier alpha value is -2.88. The first-order valence-corrected chi connectivity index (χ1v) is 11.1. The second kappa shape index (κ2) is 7.99. The van der Waals surface area contributed by atoms with Gasteiger partial charge >= 0.3 is 0 Å². The number of hydrogen-bond donors (Lipinski definition) is 2. The summed E-state index contributed by atoms with van der Waals surface area (Å²) in [6, 6.07) is 9.50. The Morgan fingerprint density at radius 3 is 2.97 bits per heavy atom. The van der Waals surface area contributed by atoms with Crippen molar-refractivity contribution in [2.45, 2.75) is 24.5 Å². The third-order valence-corrected chi connectivity index (χ3v) is 6.67. The average molecular weight is 438 g/mol. The highest BCUT2D eigenvalue weighted by molar-refractivity contribution is 7.13. The zero-order valence-electron chi connectivity index (χ0n) is 17.1. The maximum absolute atomic E-state index is 12.5. The van der Waals surface area contributed by atoms with Crippen molar-refractivity contribution in [2.24, 2.45) is 0 Å². The van der Waals surface area contributed by atoms with Crippen molar-refractivity contribution in [3.05, 3.63) is 47.5 Å². The number of likely N-dealkylation sites (tertiary alicyclic amines) is 1. The first-order chi connectivity index (χ1) is 15.0. The molecule has 2 aliphatic heterocycles. The summed E-state index contributed by atoms with van der Waals surface area (Å²) < 4.78 is 5.39. The fourth-order valence-corrected chi connectivity index (χ4v) is 4.77. The molecule has 9 heteroatoms. The lowest BCUT2D eigenvalue weighted by atomic mass is 9.91. The molecule has 2 unspecified atom stereocenters. The van der Waals surface area contributed by atoms with Crippen molar-refractivity contribution in [2.75, 3.05) is 32.1 Å². The molecule has 1 amide bonds. The molecular formula is C22H23N5O3S. The van der Waals surface area contributed by atoms with Gasteiger partial charge in [-0.05, 0) is 24.1 Å². The van der Waals surface area contributed by atoms with Gasteiger partial charge in [-0.15, -0.1) is 11.3 Å². The van der Waals surface area contributed by atoms with Gasteiger partial charge in [0.15, 0.2) is 5.60 Å². The van der Waals surface area contributed by atoms with Crippen LogP contribution < -0.4 is 5.32 Å². The van der Waals surface area contributed by atoms with Crippen LogP contribution in [0, 0.1) is 0 Å². The number of ether oxygens (including phenoxy) is 1. The van der Waals surface area contributed by atoms with E-state index < -0.39 is 5.60 Å². The Kier molecular flexibility index (Phi) is 5.17. The number of nitrogens with zero attached hydrogens (tertiary/aromatic N) is 4. The molecular weight excluding hydrogens is 414 g/mol. The van der Waals surface area contributed by atoms with Crippen molar-refractivity contribution in [1.82, 2.24) is 19.9 Å². The molecule has 2 fully saturated rings. The molecule has 0 spiro atoms. The molecule has 4 heterocycles. The van der Waals surface area contributed by atoms with Gasteiger partial charge in [-0.3, -0.25) is 4.79 Å². The minimum Gasteiger partial charge on any atom is -0.379 e. The van der Waals surface area contributed by atoms with Crippen molar-refractivity contribution < 1.29 is 14.6 Å². The Morgan fingerprint density at radius 1 is 1.29 bits per heavy atom. The number of aliphatic hydroxyl groups is 1. The van der Waals surface area contributed by atoms with Crippen LogP contribution in [0.15, 0.2) is 41.9 Å². The number of anilines is 1. The molecule has 1 aromatic carbocycles. The molecule has 2 saturated heterocycles. The third kappa shape index (κ3) is 3.80. The third-order valence-electron chi connectivity index (χ3n) is 5.78. The lowest BCUT2D eigenvalue weighted by Gasteiger charge is -2.21. The van der Waals surface area contributed by atoms with Crippen molar-refractivity contribution in [1.29, 1.82) is 0 Å². The summed E-state index contributed by atoms with van der Waals surface area (Å²) in [7, 11) is 1.71. The van der Waals surface area contributed by atoms with Crippen LogP contribution in [0.2, 0.25) is 0 Å². The van der Waals surface area contributed by atoms with E-state index in [-0.39, 0.29) is 11.9 Å². The number of rotatable bonds is 5. The standard InChI is InChI=1S/C22H23N5O3S/c1-27-9-7-22(29,20(27)28)15-4-2-3-14(11-15)19-25-18(13-31-19)17-5-8-23-21(26-17)24-16-6-10-30-12-16/h2-5,8,11,13,16,29H,6-7,9-10,12H2,1H3,(H,23,24,26). The molecule has 0 aliphatic carbocycles. The molecule has 2 N–H and O–H groups in total. The fourth-order valence-electron chi connectivity index (χ4n) is 3.96. The highest BCUT2D eigenvalue weighted by Crippen LogP contribution is 2.36. The number of carbonyl (C=O) groups excluding carboxylic acids is 1.